The van der Waals surface area contributed by atoms with Crippen LogP contribution in [-0.2, 0) is 16.3 Å². The van der Waals surface area contributed by atoms with Gasteiger partial charge in [-0.2, -0.15) is 0 Å². The highest BCUT2D eigenvalue weighted by Crippen LogP contribution is 2.49. The molecule has 0 heterocycles. The Labute approximate surface area is 145 Å². The largest absolute Gasteiger partial charge is 0.434 e. The monoisotopic (exact) mass is 376 g/mol. The molecule has 2 aromatic rings. The van der Waals surface area contributed by atoms with Crippen LogP contribution in [0.25, 0.3) is 0 Å². The van der Waals surface area contributed by atoms with E-state index in [0.717, 1.165) is 11.1 Å². The first-order valence-electron chi connectivity index (χ1n) is 6.40. The zero-order chi connectivity index (χ0) is 16.3. The van der Waals surface area contributed by atoms with E-state index in [4.69, 9.17) is 48.6 Å². The lowest BCUT2D eigenvalue weighted by Crippen LogP contribution is -2.02. The van der Waals surface area contributed by atoms with Crippen molar-refractivity contribution in [1.82, 2.24) is 0 Å². The van der Waals surface area contributed by atoms with Crippen molar-refractivity contribution in [2.45, 2.75) is 13.8 Å². The number of rotatable bonds is 5. The summed E-state index contributed by atoms with van der Waals surface area (Å²) < 4.78 is 16.8. The van der Waals surface area contributed by atoms with Gasteiger partial charge in [-0.25, -0.2) is 0 Å². The van der Waals surface area contributed by atoms with Gasteiger partial charge in [-0.05, 0) is 61.4 Å². The zero-order valence-corrected chi connectivity index (χ0v) is 15.5. The second-order valence-corrected chi connectivity index (χ2v) is 8.42. The highest BCUT2D eigenvalue weighted by Gasteiger charge is 2.23. The molecule has 118 valence electrons. The SMILES string of the molecule is COP(=S)(Oc1ccc(Cl)c(C)c1)Oc1ccc(Cl)c(C)c1. The molecule has 0 aliphatic rings. The molecule has 0 aliphatic carbocycles. The van der Waals surface area contributed by atoms with Crippen LogP contribution in [0.1, 0.15) is 11.1 Å². The van der Waals surface area contributed by atoms with Crippen molar-refractivity contribution < 1.29 is 13.6 Å². The summed E-state index contributed by atoms with van der Waals surface area (Å²) in [5.41, 5.74) is 1.78. The minimum Gasteiger partial charge on any atom is -0.416 e. The molecule has 0 aromatic heterocycles. The molecule has 0 saturated carbocycles. The van der Waals surface area contributed by atoms with Crippen molar-refractivity contribution in [1.29, 1.82) is 0 Å². The number of hydrogen-bond donors (Lipinski definition) is 0. The Balaban J connectivity index is 2.22. The molecule has 0 atom stereocenters. The highest BCUT2D eigenvalue weighted by atomic mass is 35.5. The predicted molar refractivity (Wildman–Crippen MR) is 94.9 cm³/mol. The van der Waals surface area contributed by atoms with Gasteiger partial charge in [0.2, 0.25) is 0 Å². The topological polar surface area (TPSA) is 27.7 Å². The molecule has 0 spiro atoms. The lowest BCUT2D eigenvalue weighted by molar-refractivity contribution is 0.319. The van der Waals surface area contributed by atoms with Crippen LogP contribution in [0.5, 0.6) is 11.5 Å². The fourth-order valence-corrected chi connectivity index (χ4v) is 3.38. The lowest BCUT2D eigenvalue weighted by Gasteiger charge is -2.21. The minimum atomic E-state index is -2.97. The lowest BCUT2D eigenvalue weighted by atomic mass is 10.2. The summed E-state index contributed by atoms with van der Waals surface area (Å²) in [4.78, 5) is 0. The standard InChI is InChI=1S/C15H15Cl2O3PS/c1-10-8-12(4-6-14(10)16)19-21(22,18-3)20-13-5-7-15(17)11(2)9-13/h4-9H,1-3H3. The van der Waals surface area contributed by atoms with Crippen molar-refractivity contribution in [2.24, 2.45) is 0 Å². The Morgan fingerprint density at radius 1 is 0.864 bits per heavy atom. The van der Waals surface area contributed by atoms with Crippen LogP contribution < -0.4 is 9.05 Å². The van der Waals surface area contributed by atoms with Crippen LogP contribution in [0.2, 0.25) is 10.0 Å². The maximum Gasteiger partial charge on any atom is 0.434 e. The summed E-state index contributed by atoms with van der Waals surface area (Å²) in [5.74, 6) is 1.11. The molecule has 0 radical (unpaired) electrons. The molecule has 0 N–H and O–H groups in total. The molecular weight excluding hydrogens is 362 g/mol. The Kier molecular flexibility index (Phi) is 5.76. The Hall–Kier alpha value is -0.770. The van der Waals surface area contributed by atoms with Crippen LogP contribution in [0.15, 0.2) is 36.4 Å². The van der Waals surface area contributed by atoms with E-state index < -0.39 is 6.72 Å². The first-order chi connectivity index (χ1) is 10.3. The van der Waals surface area contributed by atoms with E-state index in [1.165, 1.54) is 7.11 Å². The normalized spacial score (nSPS) is 11.3. The van der Waals surface area contributed by atoms with Gasteiger partial charge in [0.15, 0.2) is 0 Å². The smallest absolute Gasteiger partial charge is 0.416 e. The second kappa shape index (κ2) is 7.20. The minimum absolute atomic E-state index is 0.553. The van der Waals surface area contributed by atoms with Gasteiger partial charge < -0.3 is 9.05 Å². The molecule has 0 bridgehead atoms. The molecule has 3 nitrogen and oxygen atoms in total. The van der Waals surface area contributed by atoms with Gasteiger partial charge >= 0.3 is 6.72 Å². The molecule has 22 heavy (non-hydrogen) atoms. The molecule has 2 aromatic carbocycles. The van der Waals surface area contributed by atoms with Crippen molar-refractivity contribution in [2.75, 3.05) is 7.11 Å². The molecule has 0 fully saturated rings. The molecule has 0 unspecified atom stereocenters. The van der Waals surface area contributed by atoms with E-state index in [1.807, 2.05) is 13.8 Å². The highest BCUT2D eigenvalue weighted by molar-refractivity contribution is 8.07. The van der Waals surface area contributed by atoms with E-state index >= 15 is 0 Å². The third-order valence-corrected chi connectivity index (χ3v) is 5.98. The summed E-state index contributed by atoms with van der Waals surface area (Å²) in [6, 6.07) is 10.5. The summed E-state index contributed by atoms with van der Waals surface area (Å²) in [6.45, 7) is 0.801. The van der Waals surface area contributed by atoms with Gasteiger partial charge in [0.1, 0.15) is 11.5 Å². The van der Waals surface area contributed by atoms with Gasteiger partial charge in [0, 0.05) is 29.0 Å². The van der Waals surface area contributed by atoms with Gasteiger partial charge in [-0.15, -0.1) is 0 Å². The summed E-state index contributed by atoms with van der Waals surface area (Å²) >= 11 is 17.4. The number of benzene rings is 2. The number of halogens is 2. The maximum absolute atomic E-state index is 6.00. The molecule has 0 saturated heterocycles. The van der Waals surface area contributed by atoms with Gasteiger partial charge in [-0.3, -0.25) is 4.52 Å². The first-order valence-corrected chi connectivity index (χ1v) is 9.71. The Morgan fingerprint density at radius 2 is 1.27 bits per heavy atom. The van der Waals surface area contributed by atoms with Crippen LogP contribution in [0.3, 0.4) is 0 Å². The Bertz CT molecular complexity index is 679. The molecule has 2 rings (SSSR count). The summed E-state index contributed by atoms with van der Waals surface area (Å²) in [6.07, 6.45) is 0. The van der Waals surface area contributed by atoms with E-state index in [9.17, 15) is 0 Å². The van der Waals surface area contributed by atoms with Crippen LogP contribution in [-0.4, -0.2) is 7.11 Å². The van der Waals surface area contributed by atoms with E-state index in [0.29, 0.717) is 21.5 Å². The van der Waals surface area contributed by atoms with E-state index in [2.05, 4.69) is 0 Å². The first kappa shape index (κ1) is 17.6. The molecule has 0 amide bonds. The van der Waals surface area contributed by atoms with E-state index in [-0.39, 0.29) is 0 Å². The summed E-state index contributed by atoms with van der Waals surface area (Å²) in [5, 5.41) is 1.32. The number of aryl methyl sites for hydroxylation is 2. The quantitative estimate of drug-likeness (QED) is 0.603. The van der Waals surface area contributed by atoms with Crippen LogP contribution in [0.4, 0.5) is 0 Å². The van der Waals surface area contributed by atoms with E-state index in [1.54, 1.807) is 36.4 Å². The molecule has 7 heteroatoms. The average Bonchev–Trinajstić information content (AvgIpc) is 2.47. The van der Waals surface area contributed by atoms with Crippen molar-refractivity contribution >= 4 is 41.7 Å². The van der Waals surface area contributed by atoms with Crippen molar-refractivity contribution in [3.63, 3.8) is 0 Å². The van der Waals surface area contributed by atoms with Crippen LogP contribution >= 0.6 is 29.9 Å². The van der Waals surface area contributed by atoms with Gasteiger partial charge in [0.25, 0.3) is 0 Å². The second-order valence-electron chi connectivity index (χ2n) is 4.63. The maximum atomic E-state index is 6.00. The molecular formula is C15H15Cl2O3PS. The fourth-order valence-electron chi connectivity index (χ4n) is 1.70. The zero-order valence-electron chi connectivity index (χ0n) is 12.3. The Morgan fingerprint density at radius 3 is 1.59 bits per heavy atom. The fraction of sp³-hybridized carbons (Fsp3) is 0.200. The molecule has 0 aliphatic heterocycles. The number of hydrogen-bond acceptors (Lipinski definition) is 4. The predicted octanol–water partition coefficient (Wildman–Crippen LogP) is 5.94. The van der Waals surface area contributed by atoms with Crippen LogP contribution in [0, 0.1) is 13.8 Å². The van der Waals surface area contributed by atoms with Crippen molar-refractivity contribution in [3.8, 4) is 11.5 Å². The van der Waals surface area contributed by atoms with Crippen molar-refractivity contribution in [3.05, 3.63) is 57.6 Å². The van der Waals surface area contributed by atoms with Gasteiger partial charge in [0.05, 0.1) is 0 Å². The van der Waals surface area contributed by atoms with Gasteiger partial charge in [-0.1, -0.05) is 23.2 Å². The summed E-state index contributed by atoms with van der Waals surface area (Å²) in [7, 11) is 1.46. The third kappa shape index (κ3) is 4.37. The third-order valence-electron chi connectivity index (χ3n) is 2.92. The average molecular weight is 377 g/mol.